The molecule has 14 heavy (non-hydrogen) atoms. The number of ether oxygens (including phenoxy) is 1. The average molecular weight is 198 g/mol. The van der Waals surface area contributed by atoms with Crippen molar-refractivity contribution >= 4 is 11.8 Å². The number of carbonyl (C=O) groups excluding carboxylic acids is 1. The second-order valence-corrected chi connectivity index (χ2v) is 2.53. The number of carbonyl (C=O) groups is 1. The quantitative estimate of drug-likeness (QED) is 0.770. The second-order valence-electron chi connectivity index (χ2n) is 2.53. The van der Waals surface area contributed by atoms with Crippen LogP contribution in [0.3, 0.4) is 0 Å². The zero-order valence-corrected chi connectivity index (χ0v) is 7.50. The van der Waals surface area contributed by atoms with Crippen LogP contribution in [0.5, 0.6) is 0 Å². The molecule has 0 aromatic heterocycles. The van der Waals surface area contributed by atoms with Gasteiger partial charge in [-0.25, -0.2) is 9.18 Å². The molecule has 5 heteroatoms. The molecule has 0 fully saturated rings. The van der Waals surface area contributed by atoms with Gasteiger partial charge in [0.2, 0.25) is 0 Å². The molecule has 0 saturated carbocycles. The number of halogens is 1. The first-order valence-corrected chi connectivity index (χ1v) is 4.12. The second kappa shape index (κ2) is 5.18. The van der Waals surface area contributed by atoms with Crippen molar-refractivity contribution in [1.82, 2.24) is 0 Å². The Morgan fingerprint density at radius 3 is 2.86 bits per heavy atom. The van der Waals surface area contributed by atoms with E-state index in [1.807, 2.05) is 0 Å². The Morgan fingerprint density at radius 1 is 1.50 bits per heavy atom. The predicted octanol–water partition coefficient (Wildman–Crippen LogP) is 1.33. The summed E-state index contributed by atoms with van der Waals surface area (Å²) in [5.41, 5.74) is 5.21. The standard InChI is InChI=1S/C9H11FN2O2/c10-7-3-1-2-4-8(7)12-9(13)14-6-5-11/h1-4H,5-6,11H2,(H,12,13). The minimum Gasteiger partial charge on any atom is -0.448 e. The van der Waals surface area contributed by atoms with Gasteiger partial charge in [0, 0.05) is 6.54 Å². The lowest BCUT2D eigenvalue weighted by atomic mass is 10.3. The van der Waals surface area contributed by atoms with Gasteiger partial charge in [-0.05, 0) is 12.1 Å². The molecule has 0 aliphatic rings. The van der Waals surface area contributed by atoms with Crippen LogP contribution in [0.15, 0.2) is 24.3 Å². The highest BCUT2D eigenvalue weighted by Gasteiger charge is 2.05. The number of hydrogen-bond donors (Lipinski definition) is 2. The first-order valence-electron chi connectivity index (χ1n) is 4.12. The molecule has 1 amide bonds. The summed E-state index contributed by atoms with van der Waals surface area (Å²) >= 11 is 0. The summed E-state index contributed by atoms with van der Waals surface area (Å²) in [5.74, 6) is -0.503. The van der Waals surface area contributed by atoms with E-state index >= 15 is 0 Å². The van der Waals surface area contributed by atoms with E-state index in [1.165, 1.54) is 18.2 Å². The average Bonchev–Trinajstić information content (AvgIpc) is 2.18. The van der Waals surface area contributed by atoms with Gasteiger partial charge in [-0.15, -0.1) is 0 Å². The highest BCUT2D eigenvalue weighted by atomic mass is 19.1. The van der Waals surface area contributed by atoms with Gasteiger partial charge >= 0.3 is 6.09 Å². The molecule has 0 spiro atoms. The van der Waals surface area contributed by atoms with Gasteiger partial charge in [0.05, 0.1) is 5.69 Å². The van der Waals surface area contributed by atoms with Gasteiger partial charge in [-0.2, -0.15) is 0 Å². The van der Waals surface area contributed by atoms with Crippen LogP contribution in [0.25, 0.3) is 0 Å². The minimum atomic E-state index is -0.708. The maximum absolute atomic E-state index is 13.0. The number of para-hydroxylation sites is 1. The molecule has 0 radical (unpaired) electrons. The fourth-order valence-corrected chi connectivity index (χ4v) is 0.860. The van der Waals surface area contributed by atoms with E-state index in [0.717, 1.165) is 0 Å². The summed E-state index contributed by atoms with van der Waals surface area (Å²) in [7, 11) is 0. The number of nitrogens with one attached hydrogen (secondary N) is 1. The van der Waals surface area contributed by atoms with Gasteiger partial charge in [0.15, 0.2) is 0 Å². The zero-order valence-electron chi connectivity index (χ0n) is 7.50. The van der Waals surface area contributed by atoms with E-state index in [4.69, 9.17) is 5.73 Å². The van der Waals surface area contributed by atoms with Gasteiger partial charge in [-0.3, -0.25) is 5.32 Å². The van der Waals surface area contributed by atoms with Gasteiger partial charge in [0.25, 0.3) is 0 Å². The molecule has 0 bridgehead atoms. The summed E-state index contributed by atoms with van der Waals surface area (Å²) in [4.78, 5) is 11.0. The first kappa shape index (κ1) is 10.5. The third kappa shape index (κ3) is 3.02. The Hall–Kier alpha value is -1.62. The fourth-order valence-electron chi connectivity index (χ4n) is 0.860. The summed E-state index contributed by atoms with van der Waals surface area (Å²) < 4.78 is 17.6. The van der Waals surface area contributed by atoms with E-state index in [9.17, 15) is 9.18 Å². The Morgan fingerprint density at radius 2 is 2.21 bits per heavy atom. The number of nitrogens with two attached hydrogens (primary N) is 1. The molecule has 1 rings (SSSR count). The van der Waals surface area contributed by atoms with Crippen LogP contribution < -0.4 is 11.1 Å². The molecule has 3 N–H and O–H groups in total. The Balaban J connectivity index is 2.52. The third-order valence-corrected chi connectivity index (χ3v) is 1.46. The highest BCUT2D eigenvalue weighted by Crippen LogP contribution is 2.12. The van der Waals surface area contributed by atoms with Crippen molar-refractivity contribution in [3.8, 4) is 0 Å². The molecule has 4 nitrogen and oxygen atoms in total. The number of benzene rings is 1. The molecule has 1 aromatic carbocycles. The van der Waals surface area contributed by atoms with Crippen molar-refractivity contribution < 1.29 is 13.9 Å². The lowest BCUT2D eigenvalue weighted by Crippen LogP contribution is -2.18. The van der Waals surface area contributed by atoms with Crippen LogP contribution in [0.1, 0.15) is 0 Å². The van der Waals surface area contributed by atoms with Crippen LogP contribution in [0, 0.1) is 5.82 Å². The van der Waals surface area contributed by atoms with Gasteiger partial charge < -0.3 is 10.5 Å². The predicted molar refractivity (Wildman–Crippen MR) is 50.4 cm³/mol. The van der Waals surface area contributed by atoms with E-state index in [-0.39, 0.29) is 18.8 Å². The zero-order chi connectivity index (χ0) is 10.4. The maximum Gasteiger partial charge on any atom is 0.411 e. The largest absolute Gasteiger partial charge is 0.448 e. The van der Waals surface area contributed by atoms with Crippen LogP contribution >= 0.6 is 0 Å². The normalized spacial score (nSPS) is 9.57. The van der Waals surface area contributed by atoms with Crippen molar-refractivity contribution in [2.75, 3.05) is 18.5 Å². The summed E-state index contributed by atoms with van der Waals surface area (Å²) in [6.07, 6.45) is -0.708. The fraction of sp³-hybridized carbons (Fsp3) is 0.222. The van der Waals surface area contributed by atoms with Crippen molar-refractivity contribution in [1.29, 1.82) is 0 Å². The van der Waals surface area contributed by atoms with Crippen molar-refractivity contribution in [2.45, 2.75) is 0 Å². The molecule has 1 aromatic rings. The van der Waals surface area contributed by atoms with Crippen molar-refractivity contribution in [2.24, 2.45) is 5.73 Å². The van der Waals surface area contributed by atoms with Crippen LogP contribution in [0.4, 0.5) is 14.9 Å². The van der Waals surface area contributed by atoms with Gasteiger partial charge in [0.1, 0.15) is 12.4 Å². The Bertz CT molecular complexity index is 317. The molecule has 0 atom stereocenters. The van der Waals surface area contributed by atoms with E-state index < -0.39 is 11.9 Å². The molecule has 0 aliphatic carbocycles. The van der Waals surface area contributed by atoms with E-state index in [1.54, 1.807) is 6.07 Å². The highest BCUT2D eigenvalue weighted by molar-refractivity contribution is 5.84. The number of hydrogen-bond acceptors (Lipinski definition) is 3. The third-order valence-electron chi connectivity index (χ3n) is 1.46. The molecule has 0 saturated heterocycles. The SMILES string of the molecule is NCCOC(=O)Nc1ccccc1F. The smallest absolute Gasteiger partial charge is 0.411 e. The van der Waals surface area contributed by atoms with E-state index in [2.05, 4.69) is 10.1 Å². The molecule has 0 heterocycles. The lowest BCUT2D eigenvalue weighted by molar-refractivity contribution is 0.165. The molecule has 76 valence electrons. The molecule has 0 unspecified atom stereocenters. The van der Waals surface area contributed by atoms with Gasteiger partial charge in [-0.1, -0.05) is 12.1 Å². The lowest BCUT2D eigenvalue weighted by Gasteiger charge is -2.06. The van der Waals surface area contributed by atoms with Crippen molar-refractivity contribution in [3.63, 3.8) is 0 Å². The number of rotatable bonds is 3. The van der Waals surface area contributed by atoms with Crippen LogP contribution in [-0.4, -0.2) is 19.2 Å². The van der Waals surface area contributed by atoms with E-state index in [0.29, 0.717) is 0 Å². The first-order chi connectivity index (χ1) is 6.74. The Labute approximate surface area is 80.9 Å². The summed E-state index contributed by atoms with van der Waals surface area (Å²) in [6.45, 7) is 0.352. The number of anilines is 1. The Kier molecular flexibility index (Phi) is 3.87. The molecular weight excluding hydrogens is 187 g/mol. The molecule has 0 aliphatic heterocycles. The van der Waals surface area contributed by atoms with Crippen molar-refractivity contribution in [3.05, 3.63) is 30.1 Å². The molecular formula is C9H11FN2O2. The monoisotopic (exact) mass is 198 g/mol. The number of amides is 1. The summed E-state index contributed by atoms with van der Waals surface area (Å²) in [6, 6.07) is 5.84. The minimum absolute atomic E-state index is 0.0921. The topological polar surface area (TPSA) is 64.3 Å². The maximum atomic E-state index is 13.0. The van der Waals surface area contributed by atoms with Crippen LogP contribution in [-0.2, 0) is 4.74 Å². The summed E-state index contributed by atoms with van der Waals surface area (Å²) in [5, 5.41) is 2.25. The van der Waals surface area contributed by atoms with Crippen LogP contribution in [0.2, 0.25) is 0 Å².